The molecule has 0 radical (unpaired) electrons. The molecule has 1 saturated heterocycles. The number of nitrogens with zero attached hydrogens (tertiary/aromatic N) is 1. The number of nitrogens with one attached hydrogen (secondary N) is 1. The number of carbonyl (C=O) groups excluding carboxylic acids is 3. The molecular formula is C25H29FN2O5. The van der Waals surface area contributed by atoms with Crippen LogP contribution in [0.15, 0.2) is 48.5 Å². The molecule has 1 aliphatic heterocycles. The number of carbonyl (C=O) groups is 3. The molecule has 1 N–H and O–H groups in total. The smallest absolute Gasteiger partial charge is 0.434 e. The molecule has 0 spiro atoms. The fraction of sp³-hybridized carbons (Fsp3) is 0.400. The zero-order valence-corrected chi connectivity index (χ0v) is 18.7. The molecule has 33 heavy (non-hydrogen) atoms. The number of hydrogen-bond acceptors (Lipinski definition) is 5. The number of halogens is 1. The molecule has 0 bridgehead atoms. The standard InChI is InChI=1S/C25H29FN2O5/c1-2-32-25(31)33-21-10-7-20(8-11-21)24(30)28-15-13-18(14-16-28)17-27-23(29)12-9-19-5-3-4-6-22(19)26/h3-8,10-11,18H,2,9,12-17H2,1H3,(H,27,29). The summed E-state index contributed by atoms with van der Waals surface area (Å²) in [6.07, 6.45) is 1.42. The van der Waals surface area contributed by atoms with Crippen LogP contribution in [-0.2, 0) is 16.0 Å². The summed E-state index contributed by atoms with van der Waals surface area (Å²) in [5.74, 6) is 0.150. The summed E-state index contributed by atoms with van der Waals surface area (Å²) in [5, 5.41) is 2.93. The predicted molar refractivity (Wildman–Crippen MR) is 120 cm³/mol. The molecule has 0 aromatic heterocycles. The van der Waals surface area contributed by atoms with Crippen molar-refractivity contribution in [3.63, 3.8) is 0 Å². The Kier molecular flexibility index (Phi) is 8.80. The number of amides is 2. The van der Waals surface area contributed by atoms with Crippen LogP contribution in [0.25, 0.3) is 0 Å². The van der Waals surface area contributed by atoms with E-state index < -0.39 is 6.16 Å². The second kappa shape index (κ2) is 12.0. The summed E-state index contributed by atoms with van der Waals surface area (Å²) in [6, 6.07) is 12.9. The zero-order chi connectivity index (χ0) is 23.6. The summed E-state index contributed by atoms with van der Waals surface area (Å²) in [6.45, 7) is 3.68. The van der Waals surface area contributed by atoms with Crippen molar-refractivity contribution in [3.8, 4) is 5.75 Å². The van der Waals surface area contributed by atoms with E-state index in [1.807, 2.05) is 0 Å². The molecule has 0 aliphatic carbocycles. The molecule has 3 rings (SSSR count). The maximum absolute atomic E-state index is 13.7. The van der Waals surface area contributed by atoms with Crippen molar-refractivity contribution in [2.75, 3.05) is 26.2 Å². The molecule has 2 aromatic rings. The minimum Gasteiger partial charge on any atom is -0.434 e. The predicted octanol–water partition coefficient (Wildman–Crippen LogP) is 3.96. The maximum atomic E-state index is 13.7. The highest BCUT2D eigenvalue weighted by Gasteiger charge is 2.24. The minimum absolute atomic E-state index is 0.0786. The molecule has 1 heterocycles. The van der Waals surface area contributed by atoms with Crippen LogP contribution < -0.4 is 10.1 Å². The van der Waals surface area contributed by atoms with Crippen molar-refractivity contribution in [2.45, 2.75) is 32.6 Å². The Balaban J connectivity index is 1.38. The fourth-order valence-corrected chi connectivity index (χ4v) is 3.73. The number of likely N-dealkylation sites (tertiary alicyclic amines) is 1. The number of aryl methyl sites for hydroxylation is 1. The van der Waals surface area contributed by atoms with E-state index in [2.05, 4.69) is 5.32 Å². The molecule has 8 heteroatoms. The van der Waals surface area contributed by atoms with Gasteiger partial charge in [0.05, 0.1) is 6.61 Å². The van der Waals surface area contributed by atoms with Gasteiger partial charge in [0.25, 0.3) is 5.91 Å². The first-order chi connectivity index (χ1) is 16.0. The van der Waals surface area contributed by atoms with Gasteiger partial charge < -0.3 is 19.7 Å². The quantitative estimate of drug-likeness (QED) is 0.480. The van der Waals surface area contributed by atoms with Gasteiger partial charge in [-0.2, -0.15) is 0 Å². The SMILES string of the molecule is CCOC(=O)Oc1ccc(C(=O)N2CCC(CNC(=O)CCc3ccccc3F)CC2)cc1. The Morgan fingerprint density at radius 1 is 1.06 bits per heavy atom. The molecule has 0 unspecified atom stereocenters. The lowest BCUT2D eigenvalue weighted by atomic mass is 9.96. The van der Waals surface area contributed by atoms with Crippen LogP contribution in [0, 0.1) is 11.7 Å². The molecule has 0 atom stereocenters. The number of hydrogen-bond donors (Lipinski definition) is 1. The van der Waals surface area contributed by atoms with E-state index in [-0.39, 0.29) is 30.7 Å². The van der Waals surface area contributed by atoms with Crippen molar-refractivity contribution < 1.29 is 28.2 Å². The van der Waals surface area contributed by atoms with Crippen molar-refractivity contribution in [2.24, 2.45) is 5.92 Å². The Bertz CT molecular complexity index is 956. The summed E-state index contributed by atoms with van der Waals surface area (Å²) >= 11 is 0. The van der Waals surface area contributed by atoms with Gasteiger partial charge in [-0.3, -0.25) is 9.59 Å². The lowest BCUT2D eigenvalue weighted by Crippen LogP contribution is -2.41. The second-order valence-electron chi connectivity index (χ2n) is 7.94. The molecule has 1 fully saturated rings. The normalized spacial score (nSPS) is 13.9. The molecule has 1 aliphatic rings. The largest absolute Gasteiger partial charge is 0.513 e. The first-order valence-corrected chi connectivity index (χ1v) is 11.2. The molecule has 2 amide bonds. The summed E-state index contributed by atoms with van der Waals surface area (Å²) in [5.41, 5.74) is 1.06. The Morgan fingerprint density at radius 2 is 1.76 bits per heavy atom. The van der Waals surface area contributed by atoms with Crippen LogP contribution in [0.3, 0.4) is 0 Å². The Morgan fingerprint density at radius 3 is 2.42 bits per heavy atom. The van der Waals surface area contributed by atoms with Crippen LogP contribution in [0.2, 0.25) is 0 Å². The average molecular weight is 457 g/mol. The summed E-state index contributed by atoms with van der Waals surface area (Å²) in [4.78, 5) is 38.0. The summed E-state index contributed by atoms with van der Waals surface area (Å²) < 4.78 is 23.4. The van der Waals surface area contributed by atoms with Gasteiger partial charge in [0, 0.05) is 31.6 Å². The van der Waals surface area contributed by atoms with E-state index in [0.29, 0.717) is 48.8 Å². The topological polar surface area (TPSA) is 84.9 Å². The van der Waals surface area contributed by atoms with Gasteiger partial charge in [-0.15, -0.1) is 0 Å². The van der Waals surface area contributed by atoms with Crippen molar-refractivity contribution in [1.82, 2.24) is 10.2 Å². The third-order valence-corrected chi connectivity index (χ3v) is 5.63. The molecule has 0 saturated carbocycles. The van der Waals surface area contributed by atoms with Gasteiger partial charge in [0.15, 0.2) is 0 Å². The van der Waals surface area contributed by atoms with Gasteiger partial charge in [0.1, 0.15) is 11.6 Å². The van der Waals surface area contributed by atoms with Crippen molar-refractivity contribution in [1.29, 1.82) is 0 Å². The number of piperidine rings is 1. The first-order valence-electron chi connectivity index (χ1n) is 11.2. The van der Waals surface area contributed by atoms with Crippen LogP contribution in [-0.4, -0.2) is 49.1 Å². The van der Waals surface area contributed by atoms with Crippen LogP contribution >= 0.6 is 0 Å². The average Bonchev–Trinajstić information content (AvgIpc) is 2.83. The third kappa shape index (κ3) is 7.30. The number of ether oxygens (including phenoxy) is 2. The van der Waals surface area contributed by atoms with Gasteiger partial charge >= 0.3 is 6.16 Å². The van der Waals surface area contributed by atoms with Gasteiger partial charge in [-0.25, -0.2) is 9.18 Å². The maximum Gasteiger partial charge on any atom is 0.513 e. The molecule has 2 aromatic carbocycles. The van der Waals surface area contributed by atoms with E-state index in [1.54, 1.807) is 54.3 Å². The fourth-order valence-electron chi connectivity index (χ4n) is 3.73. The number of benzene rings is 2. The van der Waals surface area contributed by atoms with E-state index in [1.165, 1.54) is 6.07 Å². The van der Waals surface area contributed by atoms with E-state index in [4.69, 9.17) is 9.47 Å². The van der Waals surface area contributed by atoms with Crippen molar-refractivity contribution in [3.05, 3.63) is 65.5 Å². The first kappa shape index (κ1) is 24.2. The molecular weight excluding hydrogens is 427 g/mol. The third-order valence-electron chi connectivity index (χ3n) is 5.63. The number of rotatable bonds is 8. The monoisotopic (exact) mass is 456 g/mol. The van der Waals surface area contributed by atoms with Crippen molar-refractivity contribution >= 4 is 18.0 Å². The minimum atomic E-state index is -0.780. The van der Waals surface area contributed by atoms with E-state index >= 15 is 0 Å². The Labute approximate surface area is 192 Å². The second-order valence-corrected chi connectivity index (χ2v) is 7.94. The lowest BCUT2D eigenvalue weighted by Gasteiger charge is -2.32. The molecule has 176 valence electrons. The summed E-state index contributed by atoms with van der Waals surface area (Å²) in [7, 11) is 0. The van der Waals surface area contributed by atoms with E-state index in [9.17, 15) is 18.8 Å². The molecule has 7 nitrogen and oxygen atoms in total. The highest BCUT2D eigenvalue weighted by molar-refractivity contribution is 5.94. The van der Waals surface area contributed by atoms with Gasteiger partial charge in [-0.05, 0) is 68.0 Å². The van der Waals surface area contributed by atoms with Gasteiger partial charge in [-0.1, -0.05) is 18.2 Å². The lowest BCUT2D eigenvalue weighted by molar-refractivity contribution is -0.121. The van der Waals surface area contributed by atoms with Crippen LogP contribution in [0.5, 0.6) is 5.75 Å². The zero-order valence-electron chi connectivity index (χ0n) is 18.7. The van der Waals surface area contributed by atoms with Gasteiger partial charge in [0.2, 0.25) is 5.91 Å². The van der Waals surface area contributed by atoms with Crippen LogP contribution in [0.4, 0.5) is 9.18 Å². The van der Waals surface area contributed by atoms with Crippen LogP contribution in [0.1, 0.15) is 42.1 Å². The highest BCUT2D eigenvalue weighted by Crippen LogP contribution is 2.20. The highest BCUT2D eigenvalue weighted by atomic mass is 19.1. The Hall–Kier alpha value is -3.42. The van der Waals surface area contributed by atoms with E-state index in [0.717, 1.165) is 12.8 Å².